The molecular formula is C21H21N7O2. The third-order valence-electron chi connectivity index (χ3n) is 4.47. The van der Waals surface area contributed by atoms with Crippen LogP contribution in [0.1, 0.15) is 12.1 Å². The molecule has 0 saturated carbocycles. The third kappa shape index (κ3) is 4.19. The highest BCUT2D eigenvalue weighted by atomic mass is 16.4. The van der Waals surface area contributed by atoms with E-state index in [0.29, 0.717) is 31.2 Å². The van der Waals surface area contributed by atoms with Crippen LogP contribution in [-0.2, 0) is 0 Å². The van der Waals surface area contributed by atoms with Crippen molar-refractivity contribution in [2.24, 2.45) is 0 Å². The molecule has 9 heteroatoms. The fourth-order valence-corrected chi connectivity index (χ4v) is 3.15. The highest BCUT2D eigenvalue weighted by Gasteiger charge is 2.18. The highest BCUT2D eigenvalue weighted by molar-refractivity contribution is 5.79. The molecule has 0 spiro atoms. The van der Waals surface area contributed by atoms with Gasteiger partial charge in [-0.05, 0) is 43.7 Å². The summed E-state index contributed by atoms with van der Waals surface area (Å²) in [5.41, 5.74) is 4.80. The smallest absolute Gasteiger partial charge is 0.404 e. The van der Waals surface area contributed by atoms with Crippen LogP contribution in [0.15, 0.2) is 54.9 Å². The van der Waals surface area contributed by atoms with Gasteiger partial charge in [-0.15, -0.1) is 0 Å². The molecule has 3 N–H and O–H groups in total. The molecule has 152 valence electrons. The van der Waals surface area contributed by atoms with E-state index < -0.39 is 6.09 Å². The Bertz CT molecular complexity index is 1190. The first-order valence-electron chi connectivity index (χ1n) is 9.57. The van der Waals surface area contributed by atoms with Crippen LogP contribution in [0.5, 0.6) is 0 Å². The van der Waals surface area contributed by atoms with E-state index >= 15 is 0 Å². The summed E-state index contributed by atoms with van der Waals surface area (Å²) in [7, 11) is 0. The minimum Gasteiger partial charge on any atom is -0.465 e. The lowest BCUT2D eigenvalue weighted by atomic mass is 10.1. The zero-order valence-corrected chi connectivity index (χ0v) is 16.4. The fourth-order valence-electron chi connectivity index (χ4n) is 3.15. The molecule has 0 fully saturated rings. The van der Waals surface area contributed by atoms with Crippen molar-refractivity contribution in [1.29, 1.82) is 0 Å². The average molecular weight is 403 g/mol. The maximum atomic E-state index is 10.5. The minimum atomic E-state index is -1.03. The molecule has 0 saturated heterocycles. The fraction of sp³-hybridized carbons (Fsp3) is 0.190. The molecule has 4 heterocycles. The number of aromatic nitrogens is 5. The van der Waals surface area contributed by atoms with Crippen LogP contribution in [0.4, 0.5) is 10.7 Å². The van der Waals surface area contributed by atoms with Gasteiger partial charge in [0.15, 0.2) is 0 Å². The monoisotopic (exact) mass is 403 g/mol. The van der Waals surface area contributed by atoms with Crippen LogP contribution in [-0.4, -0.2) is 48.6 Å². The van der Waals surface area contributed by atoms with Crippen molar-refractivity contribution in [1.82, 2.24) is 29.7 Å². The first-order valence-corrected chi connectivity index (χ1v) is 9.57. The van der Waals surface area contributed by atoms with E-state index in [1.165, 1.54) is 0 Å². The molecular weight excluding hydrogens is 382 g/mol. The second kappa shape index (κ2) is 8.56. The maximum Gasteiger partial charge on any atom is 0.404 e. The first-order chi connectivity index (χ1) is 14.6. The van der Waals surface area contributed by atoms with Gasteiger partial charge in [0.1, 0.15) is 17.0 Å². The Morgan fingerprint density at radius 3 is 2.77 bits per heavy atom. The number of imidazole rings is 1. The Labute approximate surface area is 172 Å². The van der Waals surface area contributed by atoms with Gasteiger partial charge in [0.25, 0.3) is 0 Å². The standard InChI is InChI=1S/C21H21N7O2/c1-14-6-4-7-15(25-14)18-19(28-13-3-2-8-17(28)27-18)16-9-12-23-20(26-16)22-10-5-11-24-21(29)30/h2-4,6-9,12-13,24H,5,10-11H2,1H3,(H,29,30)(H,22,23,26). The predicted molar refractivity (Wildman–Crippen MR) is 113 cm³/mol. The van der Waals surface area contributed by atoms with Crippen molar-refractivity contribution >= 4 is 17.7 Å². The summed E-state index contributed by atoms with van der Waals surface area (Å²) in [5, 5.41) is 14.1. The minimum absolute atomic E-state index is 0.360. The van der Waals surface area contributed by atoms with Crippen LogP contribution in [0.3, 0.4) is 0 Å². The molecule has 30 heavy (non-hydrogen) atoms. The summed E-state index contributed by atoms with van der Waals surface area (Å²) in [5.74, 6) is 0.469. The van der Waals surface area contributed by atoms with E-state index in [1.54, 1.807) is 6.20 Å². The lowest BCUT2D eigenvalue weighted by Gasteiger charge is -2.08. The number of hydrogen-bond acceptors (Lipinski definition) is 6. The Morgan fingerprint density at radius 1 is 1.03 bits per heavy atom. The molecule has 4 aromatic rings. The number of hydrogen-bond donors (Lipinski definition) is 3. The highest BCUT2D eigenvalue weighted by Crippen LogP contribution is 2.31. The predicted octanol–water partition coefficient (Wildman–Crippen LogP) is 3.23. The zero-order valence-electron chi connectivity index (χ0n) is 16.4. The van der Waals surface area contributed by atoms with Gasteiger partial charge < -0.3 is 15.7 Å². The summed E-state index contributed by atoms with van der Waals surface area (Å²) in [6, 6.07) is 13.5. The maximum absolute atomic E-state index is 10.5. The second-order valence-corrected chi connectivity index (χ2v) is 6.68. The van der Waals surface area contributed by atoms with Crippen molar-refractivity contribution in [2.75, 3.05) is 18.4 Å². The van der Waals surface area contributed by atoms with Gasteiger partial charge in [0, 0.05) is 31.2 Å². The van der Waals surface area contributed by atoms with Crippen LogP contribution in [0.25, 0.3) is 28.4 Å². The van der Waals surface area contributed by atoms with Gasteiger partial charge in [-0.1, -0.05) is 12.1 Å². The molecule has 0 atom stereocenters. The molecule has 0 aliphatic rings. The number of nitrogens with zero attached hydrogens (tertiary/aromatic N) is 5. The quantitative estimate of drug-likeness (QED) is 0.406. The molecule has 4 aromatic heterocycles. The number of anilines is 1. The molecule has 0 radical (unpaired) electrons. The van der Waals surface area contributed by atoms with Gasteiger partial charge in [-0.25, -0.2) is 19.7 Å². The van der Waals surface area contributed by atoms with Crippen LogP contribution in [0.2, 0.25) is 0 Å². The second-order valence-electron chi connectivity index (χ2n) is 6.68. The number of carboxylic acid groups (broad SMARTS) is 1. The zero-order chi connectivity index (χ0) is 20.9. The van der Waals surface area contributed by atoms with Crippen molar-refractivity contribution in [3.63, 3.8) is 0 Å². The lowest BCUT2D eigenvalue weighted by Crippen LogP contribution is -2.23. The number of nitrogens with one attached hydrogen (secondary N) is 2. The number of carbonyl (C=O) groups is 1. The van der Waals surface area contributed by atoms with Gasteiger partial charge in [0.05, 0.1) is 11.4 Å². The summed E-state index contributed by atoms with van der Waals surface area (Å²) in [4.78, 5) is 28.9. The van der Waals surface area contributed by atoms with Crippen molar-refractivity contribution in [3.8, 4) is 22.8 Å². The lowest BCUT2D eigenvalue weighted by molar-refractivity contribution is 0.194. The Hall–Kier alpha value is -4.01. The number of amides is 1. The number of aryl methyl sites for hydroxylation is 1. The molecule has 0 aliphatic carbocycles. The number of fused-ring (bicyclic) bond motifs is 1. The molecule has 9 nitrogen and oxygen atoms in total. The van der Waals surface area contributed by atoms with Gasteiger partial charge >= 0.3 is 6.09 Å². The normalized spacial score (nSPS) is 10.8. The SMILES string of the molecule is Cc1cccc(-c2nc3ccccn3c2-c2ccnc(NCCCNC(=O)O)n2)n1. The third-order valence-corrected chi connectivity index (χ3v) is 4.47. The largest absolute Gasteiger partial charge is 0.465 e. The van der Waals surface area contributed by atoms with E-state index in [-0.39, 0.29) is 0 Å². The summed E-state index contributed by atoms with van der Waals surface area (Å²) in [6.07, 6.45) is 3.23. The van der Waals surface area contributed by atoms with E-state index in [4.69, 9.17) is 10.1 Å². The summed E-state index contributed by atoms with van der Waals surface area (Å²) in [6.45, 7) is 2.85. The van der Waals surface area contributed by atoms with Crippen molar-refractivity contribution in [3.05, 3.63) is 60.6 Å². The molecule has 0 aromatic carbocycles. The summed E-state index contributed by atoms with van der Waals surface area (Å²) >= 11 is 0. The Balaban J connectivity index is 1.67. The Morgan fingerprint density at radius 2 is 1.93 bits per heavy atom. The molecule has 0 unspecified atom stereocenters. The number of pyridine rings is 2. The van der Waals surface area contributed by atoms with E-state index in [1.807, 2.05) is 60.0 Å². The van der Waals surface area contributed by atoms with Gasteiger partial charge in [0.2, 0.25) is 5.95 Å². The molecule has 0 bridgehead atoms. The van der Waals surface area contributed by atoms with Gasteiger partial charge in [-0.3, -0.25) is 9.38 Å². The summed E-state index contributed by atoms with van der Waals surface area (Å²) < 4.78 is 1.99. The molecule has 1 amide bonds. The van der Waals surface area contributed by atoms with Gasteiger partial charge in [-0.2, -0.15) is 0 Å². The topological polar surface area (TPSA) is 117 Å². The van der Waals surface area contributed by atoms with E-state index in [2.05, 4.69) is 25.6 Å². The van der Waals surface area contributed by atoms with E-state index in [0.717, 1.165) is 28.4 Å². The van der Waals surface area contributed by atoms with Crippen molar-refractivity contribution < 1.29 is 9.90 Å². The molecule has 0 aliphatic heterocycles. The van der Waals surface area contributed by atoms with Crippen LogP contribution in [0, 0.1) is 6.92 Å². The van der Waals surface area contributed by atoms with Crippen molar-refractivity contribution in [2.45, 2.75) is 13.3 Å². The first kappa shape index (κ1) is 19.3. The van der Waals surface area contributed by atoms with Crippen LogP contribution >= 0.6 is 0 Å². The van der Waals surface area contributed by atoms with Crippen LogP contribution < -0.4 is 10.6 Å². The number of rotatable bonds is 7. The average Bonchev–Trinajstić information content (AvgIpc) is 3.13. The van der Waals surface area contributed by atoms with E-state index in [9.17, 15) is 4.79 Å². The Kier molecular flexibility index (Phi) is 5.51. The molecule has 4 rings (SSSR count).